The van der Waals surface area contributed by atoms with Crippen molar-refractivity contribution in [1.82, 2.24) is 14.9 Å². The van der Waals surface area contributed by atoms with Gasteiger partial charge in [-0.3, -0.25) is 9.69 Å². The molecule has 0 radical (unpaired) electrons. The maximum absolute atomic E-state index is 12.7. The molecule has 3 heterocycles. The molecule has 0 N–H and O–H groups in total. The predicted octanol–water partition coefficient (Wildman–Crippen LogP) is 3.92. The van der Waals surface area contributed by atoms with Crippen molar-refractivity contribution in [2.75, 3.05) is 6.54 Å². The fraction of sp³-hybridized carbons (Fsp3) is 0.278. The highest BCUT2D eigenvalue weighted by Crippen LogP contribution is 2.28. The number of hydrogen-bond donors (Lipinski definition) is 0. The Morgan fingerprint density at radius 3 is 2.89 bits per heavy atom. The largest absolute Gasteiger partial charge is 0.464 e. The normalized spacial score (nSPS) is 15.1. The third kappa shape index (κ3) is 3.61. The minimum absolute atomic E-state index is 0.119. The molecule has 1 aliphatic rings. The molecule has 5 nitrogen and oxygen atoms in total. The second-order valence-electron chi connectivity index (χ2n) is 6.35. The van der Waals surface area contributed by atoms with Crippen molar-refractivity contribution in [3.8, 4) is 0 Å². The van der Waals surface area contributed by atoms with Crippen molar-refractivity contribution >= 4 is 26.9 Å². The van der Waals surface area contributed by atoms with Crippen molar-refractivity contribution in [3.63, 3.8) is 0 Å². The summed E-state index contributed by atoms with van der Waals surface area (Å²) in [6, 6.07) is 5.22. The summed E-state index contributed by atoms with van der Waals surface area (Å²) >= 11 is 3.34. The van der Waals surface area contributed by atoms with E-state index in [0.29, 0.717) is 53.8 Å². The Labute approximate surface area is 160 Å². The zero-order valence-electron chi connectivity index (χ0n) is 13.9. The van der Waals surface area contributed by atoms with Crippen LogP contribution in [0.15, 0.2) is 44.3 Å². The van der Waals surface area contributed by atoms with Crippen LogP contribution in [0.5, 0.6) is 0 Å². The van der Waals surface area contributed by atoms with Crippen LogP contribution in [-0.2, 0) is 25.7 Å². The van der Waals surface area contributed by atoms with E-state index in [2.05, 4.69) is 25.9 Å². The van der Waals surface area contributed by atoms with Crippen molar-refractivity contribution in [2.45, 2.75) is 25.7 Å². The van der Waals surface area contributed by atoms with Gasteiger partial charge in [0, 0.05) is 47.9 Å². The molecular formula is C18H13BrF3N3O2. The van der Waals surface area contributed by atoms with Crippen molar-refractivity contribution in [1.29, 1.82) is 0 Å². The lowest BCUT2D eigenvalue weighted by atomic mass is 10.1. The summed E-state index contributed by atoms with van der Waals surface area (Å²) in [6.45, 7) is 1.21. The maximum atomic E-state index is 12.7. The molecule has 0 unspecified atom stereocenters. The zero-order valence-corrected chi connectivity index (χ0v) is 15.5. The lowest BCUT2D eigenvalue weighted by molar-refractivity contribution is -0.145. The van der Waals surface area contributed by atoms with Crippen LogP contribution in [0.25, 0.3) is 11.0 Å². The Bertz CT molecular complexity index is 1080. The smallest absolute Gasteiger partial charge is 0.451 e. The fourth-order valence-corrected chi connectivity index (χ4v) is 3.50. The van der Waals surface area contributed by atoms with Gasteiger partial charge >= 0.3 is 6.18 Å². The fourth-order valence-electron chi connectivity index (χ4n) is 3.14. The Morgan fingerprint density at radius 1 is 1.30 bits per heavy atom. The Hall–Kier alpha value is -2.26. The number of fused-ring (bicyclic) bond motifs is 2. The first-order valence-corrected chi connectivity index (χ1v) is 8.95. The molecule has 3 aromatic rings. The average molecular weight is 440 g/mol. The van der Waals surface area contributed by atoms with Crippen molar-refractivity contribution in [2.24, 2.45) is 0 Å². The van der Waals surface area contributed by atoms with Crippen LogP contribution in [0, 0.1) is 0 Å². The van der Waals surface area contributed by atoms with Gasteiger partial charge in [-0.15, -0.1) is 0 Å². The summed E-state index contributed by atoms with van der Waals surface area (Å²) in [4.78, 5) is 21.7. The van der Waals surface area contributed by atoms with Crippen LogP contribution >= 0.6 is 15.9 Å². The molecule has 0 aliphatic carbocycles. The van der Waals surface area contributed by atoms with Crippen molar-refractivity contribution < 1.29 is 17.6 Å². The molecule has 0 amide bonds. The predicted molar refractivity (Wildman–Crippen MR) is 95.0 cm³/mol. The number of nitrogens with zero attached hydrogens (tertiary/aromatic N) is 3. The average Bonchev–Trinajstić information content (AvgIpc) is 2.63. The van der Waals surface area contributed by atoms with Crippen LogP contribution in [0.2, 0.25) is 0 Å². The number of alkyl halides is 3. The highest BCUT2D eigenvalue weighted by molar-refractivity contribution is 9.10. The molecule has 2 aromatic heterocycles. The van der Waals surface area contributed by atoms with Crippen LogP contribution in [-0.4, -0.2) is 21.4 Å². The molecule has 1 aromatic carbocycles. The molecule has 0 spiro atoms. The van der Waals surface area contributed by atoms with Crippen LogP contribution < -0.4 is 5.43 Å². The van der Waals surface area contributed by atoms with Gasteiger partial charge in [0.1, 0.15) is 5.58 Å². The summed E-state index contributed by atoms with van der Waals surface area (Å²) in [5, 5.41) is 0.484. The highest BCUT2D eigenvalue weighted by atomic mass is 79.9. The van der Waals surface area contributed by atoms with E-state index in [4.69, 9.17) is 4.42 Å². The first kappa shape index (κ1) is 18.1. The van der Waals surface area contributed by atoms with E-state index in [1.807, 2.05) is 4.90 Å². The standard InChI is InChI=1S/C18H13BrF3N3O2/c19-12-1-2-15-13(5-12)16(26)11(9-27-15)8-25-4-3-14-10(7-25)6-23-17(24-14)18(20,21)22/h1-2,5-6,9H,3-4,7-8H2. The number of aromatic nitrogens is 2. The van der Waals surface area contributed by atoms with Crippen LogP contribution in [0.1, 0.15) is 22.6 Å². The van der Waals surface area contributed by atoms with Gasteiger partial charge in [-0.1, -0.05) is 15.9 Å². The molecule has 0 fully saturated rings. The molecular weight excluding hydrogens is 427 g/mol. The number of rotatable bonds is 2. The van der Waals surface area contributed by atoms with E-state index in [0.717, 1.165) is 4.47 Å². The summed E-state index contributed by atoms with van der Waals surface area (Å²) in [5.74, 6) is -1.12. The van der Waals surface area contributed by atoms with E-state index in [1.54, 1.807) is 18.2 Å². The molecule has 0 atom stereocenters. The third-order valence-corrected chi connectivity index (χ3v) is 4.96. The van der Waals surface area contributed by atoms with E-state index < -0.39 is 12.0 Å². The molecule has 0 saturated heterocycles. The van der Waals surface area contributed by atoms with E-state index >= 15 is 0 Å². The molecule has 27 heavy (non-hydrogen) atoms. The topological polar surface area (TPSA) is 59.2 Å². The Kier molecular flexibility index (Phi) is 4.51. The number of benzene rings is 1. The molecule has 9 heteroatoms. The lowest BCUT2D eigenvalue weighted by Gasteiger charge is -2.27. The maximum Gasteiger partial charge on any atom is 0.451 e. The molecule has 4 rings (SSSR count). The lowest BCUT2D eigenvalue weighted by Crippen LogP contribution is -2.33. The summed E-state index contributed by atoms with van der Waals surface area (Å²) in [7, 11) is 0. The van der Waals surface area contributed by atoms with Gasteiger partial charge in [-0.05, 0) is 18.2 Å². The van der Waals surface area contributed by atoms with E-state index in [-0.39, 0.29) is 5.43 Å². The minimum Gasteiger partial charge on any atom is -0.464 e. The second kappa shape index (κ2) is 6.72. The van der Waals surface area contributed by atoms with Gasteiger partial charge < -0.3 is 4.42 Å². The quantitative estimate of drug-likeness (QED) is 0.605. The molecule has 0 saturated carbocycles. The Balaban J connectivity index is 1.58. The van der Waals surface area contributed by atoms with Crippen molar-refractivity contribution in [3.05, 3.63) is 68.0 Å². The molecule has 1 aliphatic heterocycles. The van der Waals surface area contributed by atoms with Crippen LogP contribution in [0.3, 0.4) is 0 Å². The molecule has 140 valence electrons. The first-order chi connectivity index (χ1) is 12.8. The van der Waals surface area contributed by atoms with Gasteiger partial charge in [-0.25, -0.2) is 9.97 Å². The minimum atomic E-state index is -4.55. The Morgan fingerprint density at radius 2 is 2.11 bits per heavy atom. The third-order valence-electron chi connectivity index (χ3n) is 4.47. The zero-order chi connectivity index (χ0) is 19.2. The van der Waals surface area contributed by atoms with Gasteiger partial charge in [0.25, 0.3) is 0 Å². The van der Waals surface area contributed by atoms with Gasteiger partial charge in [-0.2, -0.15) is 13.2 Å². The van der Waals surface area contributed by atoms with E-state index in [9.17, 15) is 18.0 Å². The number of halogens is 4. The SMILES string of the molecule is O=c1c(CN2CCc3nc(C(F)(F)F)ncc3C2)coc2ccc(Br)cc12. The van der Waals surface area contributed by atoms with Crippen LogP contribution in [0.4, 0.5) is 13.2 Å². The summed E-state index contributed by atoms with van der Waals surface area (Å²) in [6.07, 6.45) is -1.52. The highest BCUT2D eigenvalue weighted by Gasteiger charge is 2.35. The van der Waals surface area contributed by atoms with Gasteiger partial charge in [0.05, 0.1) is 17.3 Å². The van der Waals surface area contributed by atoms with Gasteiger partial charge in [0.2, 0.25) is 5.82 Å². The second-order valence-corrected chi connectivity index (χ2v) is 7.27. The van der Waals surface area contributed by atoms with E-state index in [1.165, 1.54) is 12.5 Å². The summed E-state index contributed by atoms with van der Waals surface area (Å²) < 4.78 is 44.5. The summed E-state index contributed by atoms with van der Waals surface area (Å²) in [5.41, 5.74) is 1.93. The monoisotopic (exact) mass is 439 g/mol. The number of hydrogen-bond acceptors (Lipinski definition) is 5. The first-order valence-electron chi connectivity index (χ1n) is 8.15. The van der Waals surface area contributed by atoms with Gasteiger partial charge in [0.15, 0.2) is 5.43 Å². The molecule has 0 bridgehead atoms.